The molecule has 0 aromatic heterocycles. The van der Waals surface area contributed by atoms with Crippen molar-refractivity contribution in [2.24, 2.45) is 23.2 Å². The van der Waals surface area contributed by atoms with E-state index in [0.29, 0.717) is 11.5 Å². The van der Waals surface area contributed by atoms with E-state index in [9.17, 15) is 0 Å². The lowest BCUT2D eigenvalue weighted by Crippen LogP contribution is -2.60. The van der Waals surface area contributed by atoms with E-state index in [1.54, 1.807) is 0 Å². The third kappa shape index (κ3) is 3.72. The van der Waals surface area contributed by atoms with Gasteiger partial charge in [-0.3, -0.25) is 4.90 Å². The Morgan fingerprint density at radius 3 is 2.26 bits per heavy atom. The Labute approximate surface area is 120 Å². The maximum absolute atomic E-state index is 3.82. The molecule has 1 saturated heterocycles. The maximum atomic E-state index is 3.82. The van der Waals surface area contributed by atoms with Crippen molar-refractivity contribution < 1.29 is 0 Å². The average Bonchev–Trinajstić information content (AvgIpc) is 3.11. The van der Waals surface area contributed by atoms with Gasteiger partial charge in [0, 0.05) is 31.7 Å². The summed E-state index contributed by atoms with van der Waals surface area (Å²) in [5.41, 5.74) is 0.415. The number of nitrogens with one attached hydrogen (secondary N) is 1. The van der Waals surface area contributed by atoms with Crippen molar-refractivity contribution in [3.8, 4) is 0 Å². The predicted molar refractivity (Wildman–Crippen MR) is 83.3 cm³/mol. The van der Waals surface area contributed by atoms with Crippen molar-refractivity contribution in [3.63, 3.8) is 0 Å². The van der Waals surface area contributed by atoms with Crippen LogP contribution >= 0.6 is 0 Å². The molecular formula is C17H34N2. The van der Waals surface area contributed by atoms with Crippen molar-refractivity contribution in [1.82, 2.24) is 10.2 Å². The van der Waals surface area contributed by atoms with Gasteiger partial charge in [0.1, 0.15) is 0 Å². The molecule has 0 aromatic carbocycles. The van der Waals surface area contributed by atoms with E-state index in [1.165, 1.54) is 32.5 Å². The summed E-state index contributed by atoms with van der Waals surface area (Å²) in [4.78, 5) is 2.80. The molecule has 1 saturated carbocycles. The predicted octanol–water partition coefficient (Wildman–Crippen LogP) is 3.38. The Bertz CT molecular complexity index is 292. The van der Waals surface area contributed by atoms with Gasteiger partial charge >= 0.3 is 0 Å². The van der Waals surface area contributed by atoms with Gasteiger partial charge in [0.15, 0.2) is 0 Å². The number of hydrogen-bond acceptors (Lipinski definition) is 2. The van der Waals surface area contributed by atoms with Crippen molar-refractivity contribution in [2.75, 3.05) is 19.6 Å². The number of hydrogen-bond donors (Lipinski definition) is 1. The Kier molecular flexibility index (Phi) is 4.62. The molecule has 0 spiro atoms. The fraction of sp³-hybridized carbons (Fsp3) is 1.00. The standard InChI is InChI=1S/C17H34N2/c1-12(2)16-9-18-15(14-7-8-14)10-19(16)11-17(5,6)13(3)4/h12-16,18H,7-11H2,1-6H3. The van der Waals surface area contributed by atoms with Crippen molar-refractivity contribution >= 4 is 0 Å². The second kappa shape index (κ2) is 5.73. The Morgan fingerprint density at radius 2 is 1.79 bits per heavy atom. The molecule has 1 aliphatic carbocycles. The first-order valence-corrected chi connectivity index (χ1v) is 8.28. The quantitative estimate of drug-likeness (QED) is 0.820. The first-order valence-electron chi connectivity index (χ1n) is 8.28. The van der Waals surface area contributed by atoms with Crippen molar-refractivity contribution in [3.05, 3.63) is 0 Å². The summed E-state index contributed by atoms with van der Waals surface area (Å²) in [6.45, 7) is 18.1. The molecule has 2 heteroatoms. The normalized spacial score (nSPS) is 30.3. The monoisotopic (exact) mass is 266 g/mol. The largest absolute Gasteiger partial charge is 0.311 e. The molecule has 2 unspecified atom stereocenters. The highest BCUT2D eigenvalue weighted by Crippen LogP contribution is 2.36. The molecular weight excluding hydrogens is 232 g/mol. The molecule has 2 aliphatic rings. The molecule has 0 bridgehead atoms. The summed E-state index contributed by atoms with van der Waals surface area (Å²) in [6.07, 6.45) is 2.90. The summed E-state index contributed by atoms with van der Waals surface area (Å²) in [7, 11) is 0. The summed E-state index contributed by atoms with van der Waals surface area (Å²) < 4.78 is 0. The van der Waals surface area contributed by atoms with Crippen LogP contribution < -0.4 is 5.32 Å². The second-order valence-electron chi connectivity index (χ2n) is 8.24. The highest BCUT2D eigenvalue weighted by molar-refractivity contribution is 4.96. The van der Waals surface area contributed by atoms with Crippen LogP contribution in [0.15, 0.2) is 0 Å². The van der Waals surface area contributed by atoms with Gasteiger partial charge in [0.05, 0.1) is 0 Å². The maximum Gasteiger partial charge on any atom is 0.0244 e. The average molecular weight is 266 g/mol. The van der Waals surface area contributed by atoms with Crippen LogP contribution in [0, 0.1) is 23.2 Å². The molecule has 1 heterocycles. The Morgan fingerprint density at radius 1 is 1.16 bits per heavy atom. The van der Waals surface area contributed by atoms with E-state index in [1.807, 2.05) is 0 Å². The van der Waals surface area contributed by atoms with E-state index >= 15 is 0 Å². The van der Waals surface area contributed by atoms with E-state index in [-0.39, 0.29) is 0 Å². The first kappa shape index (κ1) is 15.3. The zero-order chi connectivity index (χ0) is 14.2. The fourth-order valence-electron chi connectivity index (χ4n) is 3.21. The van der Waals surface area contributed by atoms with Crippen molar-refractivity contribution in [1.29, 1.82) is 0 Å². The van der Waals surface area contributed by atoms with Crippen LogP contribution in [0.2, 0.25) is 0 Å². The van der Waals surface area contributed by atoms with E-state index in [4.69, 9.17) is 0 Å². The molecule has 0 aromatic rings. The molecule has 2 nitrogen and oxygen atoms in total. The molecule has 0 radical (unpaired) electrons. The SMILES string of the molecule is CC(C)C1CNC(C2CC2)CN1CC(C)(C)C(C)C. The zero-order valence-electron chi connectivity index (χ0n) is 13.9. The highest BCUT2D eigenvalue weighted by Gasteiger charge is 2.39. The Balaban J connectivity index is 2.02. The molecule has 1 N–H and O–H groups in total. The van der Waals surface area contributed by atoms with Crippen LogP contribution in [0.25, 0.3) is 0 Å². The van der Waals surface area contributed by atoms with Crippen LogP contribution in [0.3, 0.4) is 0 Å². The lowest BCUT2D eigenvalue weighted by atomic mass is 9.79. The number of nitrogens with zero attached hydrogens (tertiary/aromatic N) is 1. The minimum Gasteiger partial charge on any atom is -0.311 e. The third-order valence-electron chi connectivity index (χ3n) is 5.62. The molecule has 2 rings (SSSR count). The smallest absolute Gasteiger partial charge is 0.0244 e. The van der Waals surface area contributed by atoms with Gasteiger partial charge < -0.3 is 5.32 Å². The highest BCUT2D eigenvalue weighted by atomic mass is 15.2. The van der Waals surface area contributed by atoms with Gasteiger partial charge in [0.25, 0.3) is 0 Å². The van der Waals surface area contributed by atoms with Gasteiger partial charge in [-0.05, 0) is 36.0 Å². The lowest BCUT2D eigenvalue weighted by molar-refractivity contribution is 0.0405. The molecule has 2 atom stereocenters. The van der Waals surface area contributed by atoms with Crippen molar-refractivity contribution in [2.45, 2.75) is 66.5 Å². The first-order chi connectivity index (χ1) is 8.81. The second-order valence-corrected chi connectivity index (χ2v) is 8.24. The van der Waals surface area contributed by atoms with Gasteiger partial charge in [-0.1, -0.05) is 41.5 Å². The van der Waals surface area contributed by atoms with Crippen LogP contribution in [0.4, 0.5) is 0 Å². The van der Waals surface area contributed by atoms with Crippen LogP contribution in [0.1, 0.15) is 54.4 Å². The summed E-state index contributed by atoms with van der Waals surface area (Å²) in [6, 6.07) is 1.48. The summed E-state index contributed by atoms with van der Waals surface area (Å²) >= 11 is 0. The minimum absolute atomic E-state index is 0.415. The third-order valence-corrected chi connectivity index (χ3v) is 5.62. The molecule has 0 amide bonds. The van der Waals surface area contributed by atoms with Gasteiger partial charge in [-0.25, -0.2) is 0 Å². The lowest BCUT2D eigenvalue weighted by Gasteiger charge is -2.46. The molecule has 1 aliphatic heterocycles. The fourth-order valence-corrected chi connectivity index (χ4v) is 3.21. The molecule has 112 valence electrons. The van der Waals surface area contributed by atoms with Crippen LogP contribution in [-0.2, 0) is 0 Å². The zero-order valence-corrected chi connectivity index (χ0v) is 13.9. The van der Waals surface area contributed by atoms with Crippen LogP contribution in [-0.4, -0.2) is 36.6 Å². The van der Waals surface area contributed by atoms with Gasteiger partial charge in [-0.2, -0.15) is 0 Å². The summed E-state index contributed by atoms with van der Waals surface area (Å²) in [5.74, 6) is 2.46. The Hall–Kier alpha value is -0.0800. The number of rotatable bonds is 5. The molecule has 19 heavy (non-hydrogen) atoms. The summed E-state index contributed by atoms with van der Waals surface area (Å²) in [5, 5.41) is 3.82. The molecule has 2 fully saturated rings. The van der Waals surface area contributed by atoms with Crippen LogP contribution in [0.5, 0.6) is 0 Å². The van der Waals surface area contributed by atoms with Gasteiger partial charge in [0.2, 0.25) is 0 Å². The minimum atomic E-state index is 0.415. The van der Waals surface area contributed by atoms with E-state index in [0.717, 1.165) is 23.8 Å². The topological polar surface area (TPSA) is 15.3 Å². The van der Waals surface area contributed by atoms with Gasteiger partial charge in [-0.15, -0.1) is 0 Å². The van der Waals surface area contributed by atoms with E-state index < -0.39 is 0 Å². The number of piperazine rings is 1. The van der Waals surface area contributed by atoms with E-state index in [2.05, 4.69) is 51.8 Å².